The number of hydrogen-bond donors (Lipinski definition) is 1. The van der Waals surface area contributed by atoms with Crippen LogP contribution in [0.3, 0.4) is 0 Å². The molecule has 3 heterocycles. The molecule has 1 saturated heterocycles. The number of hydrogen-bond acceptors (Lipinski definition) is 6. The molecule has 0 radical (unpaired) electrons. The molecule has 0 aliphatic carbocycles. The molecule has 0 bridgehead atoms. The summed E-state index contributed by atoms with van der Waals surface area (Å²) in [5.74, 6) is 1.63. The Hall–Kier alpha value is -1.66. The lowest BCUT2D eigenvalue weighted by Crippen LogP contribution is -2.38. The number of β-amino-alcohol motifs (C(OH)–C–C–N with tert-alkyl or cyclic N) is 1. The molecular weight excluding hydrogens is 296 g/mol. The van der Waals surface area contributed by atoms with E-state index in [0.717, 1.165) is 37.7 Å². The Morgan fingerprint density at radius 2 is 2.32 bits per heavy atom. The van der Waals surface area contributed by atoms with Gasteiger partial charge < -0.3 is 14.9 Å². The number of rotatable bonds is 4. The Balaban J connectivity index is 1.74. The van der Waals surface area contributed by atoms with Crippen molar-refractivity contribution in [2.24, 2.45) is 0 Å². The Kier molecular flexibility index (Phi) is 4.59. The van der Waals surface area contributed by atoms with Gasteiger partial charge in [0.05, 0.1) is 12.6 Å². The van der Waals surface area contributed by atoms with Gasteiger partial charge in [0, 0.05) is 31.2 Å². The zero-order valence-corrected chi connectivity index (χ0v) is 13.9. The highest BCUT2D eigenvalue weighted by Crippen LogP contribution is 2.22. The lowest BCUT2D eigenvalue weighted by atomic mass is 10.1. The molecule has 1 aliphatic heterocycles. The van der Waals surface area contributed by atoms with Crippen molar-refractivity contribution >= 4 is 23.1 Å². The summed E-state index contributed by atoms with van der Waals surface area (Å²) in [5, 5.41) is 11.9. The maximum atomic E-state index is 9.83. The van der Waals surface area contributed by atoms with Gasteiger partial charge in [-0.25, -0.2) is 4.98 Å². The van der Waals surface area contributed by atoms with Gasteiger partial charge in [-0.15, -0.1) is 11.3 Å². The van der Waals surface area contributed by atoms with Crippen LogP contribution in [0.25, 0.3) is 0 Å². The van der Waals surface area contributed by atoms with Crippen LogP contribution < -0.4 is 9.80 Å². The molecule has 0 amide bonds. The van der Waals surface area contributed by atoms with Gasteiger partial charge in [0.2, 0.25) is 5.95 Å². The Morgan fingerprint density at radius 3 is 3.05 bits per heavy atom. The van der Waals surface area contributed by atoms with E-state index in [-0.39, 0.29) is 6.10 Å². The third-order valence-corrected chi connectivity index (χ3v) is 5.05. The van der Waals surface area contributed by atoms with Crippen molar-refractivity contribution in [3.63, 3.8) is 0 Å². The van der Waals surface area contributed by atoms with Crippen LogP contribution in [0.15, 0.2) is 23.7 Å². The van der Waals surface area contributed by atoms with Crippen molar-refractivity contribution in [3.05, 3.63) is 34.2 Å². The summed E-state index contributed by atoms with van der Waals surface area (Å²) in [7, 11) is 2.02. The fourth-order valence-corrected chi connectivity index (χ4v) is 3.67. The summed E-state index contributed by atoms with van der Waals surface area (Å²) >= 11 is 1.76. The van der Waals surface area contributed by atoms with E-state index in [1.54, 1.807) is 17.5 Å². The molecule has 2 aromatic rings. The Labute approximate surface area is 135 Å². The molecule has 0 saturated carbocycles. The van der Waals surface area contributed by atoms with Crippen LogP contribution in [0.2, 0.25) is 0 Å². The average molecular weight is 318 g/mol. The lowest BCUT2D eigenvalue weighted by molar-refractivity contribution is 0.154. The third-order valence-electron chi connectivity index (χ3n) is 4.04. The molecule has 2 aromatic heterocycles. The van der Waals surface area contributed by atoms with E-state index in [1.165, 1.54) is 10.4 Å². The summed E-state index contributed by atoms with van der Waals surface area (Å²) in [6.45, 7) is 4.55. The predicted octanol–water partition coefficient (Wildman–Crippen LogP) is 2.44. The molecule has 6 heteroatoms. The molecular formula is C16H22N4OS. The summed E-state index contributed by atoms with van der Waals surface area (Å²) < 4.78 is 0. The maximum absolute atomic E-state index is 9.83. The minimum atomic E-state index is -0.251. The van der Waals surface area contributed by atoms with Gasteiger partial charge in [0.25, 0.3) is 0 Å². The number of aromatic nitrogens is 2. The Morgan fingerprint density at radius 1 is 1.45 bits per heavy atom. The molecule has 1 N–H and O–H groups in total. The predicted molar refractivity (Wildman–Crippen MR) is 90.6 cm³/mol. The Bertz CT molecular complexity index is 630. The fourth-order valence-electron chi connectivity index (χ4n) is 2.71. The first-order valence-electron chi connectivity index (χ1n) is 7.63. The molecule has 1 aliphatic rings. The highest BCUT2D eigenvalue weighted by atomic mass is 32.1. The summed E-state index contributed by atoms with van der Waals surface area (Å²) in [4.78, 5) is 14.6. The second-order valence-electron chi connectivity index (χ2n) is 5.84. The van der Waals surface area contributed by atoms with Crippen molar-refractivity contribution in [2.45, 2.75) is 32.4 Å². The molecule has 3 rings (SSSR count). The summed E-state index contributed by atoms with van der Waals surface area (Å²) in [6.07, 6.45) is 3.44. The number of aliphatic hydroxyl groups excluding tert-OH is 1. The first kappa shape index (κ1) is 15.2. The number of thiophene rings is 1. The number of aryl methyl sites for hydroxylation is 1. The highest BCUT2D eigenvalue weighted by molar-refractivity contribution is 7.10. The lowest BCUT2D eigenvalue weighted by Gasteiger charge is -2.31. The molecule has 0 unspecified atom stereocenters. The monoisotopic (exact) mass is 318 g/mol. The van der Waals surface area contributed by atoms with E-state index < -0.39 is 0 Å². The van der Waals surface area contributed by atoms with Crippen LogP contribution >= 0.6 is 11.3 Å². The van der Waals surface area contributed by atoms with Crippen molar-refractivity contribution in [2.75, 3.05) is 29.9 Å². The first-order valence-corrected chi connectivity index (χ1v) is 8.51. The van der Waals surface area contributed by atoms with Crippen molar-refractivity contribution in [3.8, 4) is 0 Å². The van der Waals surface area contributed by atoms with E-state index in [2.05, 4.69) is 38.1 Å². The zero-order valence-electron chi connectivity index (χ0n) is 13.1. The largest absolute Gasteiger partial charge is 0.391 e. The zero-order chi connectivity index (χ0) is 15.5. The van der Waals surface area contributed by atoms with Gasteiger partial charge in [0.15, 0.2) is 0 Å². The van der Waals surface area contributed by atoms with Crippen molar-refractivity contribution < 1.29 is 5.11 Å². The van der Waals surface area contributed by atoms with Crippen LogP contribution in [0.4, 0.5) is 11.8 Å². The van der Waals surface area contributed by atoms with E-state index in [4.69, 9.17) is 0 Å². The second kappa shape index (κ2) is 6.62. The van der Waals surface area contributed by atoms with Crippen LogP contribution in [0, 0.1) is 6.92 Å². The van der Waals surface area contributed by atoms with Crippen LogP contribution in [0.1, 0.15) is 23.3 Å². The van der Waals surface area contributed by atoms with Gasteiger partial charge >= 0.3 is 0 Å². The average Bonchev–Trinajstić information content (AvgIpc) is 2.92. The van der Waals surface area contributed by atoms with Gasteiger partial charge in [-0.2, -0.15) is 4.98 Å². The van der Waals surface area contributed by atoms with Crippen molar-refractivity contribution in [1.29, 1.82) is 0 Å². The number of aliphatic hydroxyl groups is 1. The van der Waals surface area contributed by atoms with Gasteiger partial charge in [-0.3, -0.25) is 0 Å². The molecule has 22 heavy (non-hydrogen) atoms. The second-order valence-corrected chi connectivity index (χ2v) is 6.84. The standard InChI is InChI=1S/C16H22N4OS/c1-12-6-9-22-14(12)11-19(2)16-17-7-5-15(18-16)20-8-3-4-13(21)10-20/h5-7,9,13,21H,3-4,8,10-11H2,1-2H3/t13-/m1/s1. The van der Waals surface area contributed by atoms with E-state index in [1.807, 2.05) is 13.1 Å². The number of anilines is 2. The van der Waals surface area contributed by atoms with Crippen LogP contribution in [0.5, 0.6) is 0 Å². The molecule has 0 spiro atoms. The maximum Gasteiger partial charge on any atom is 0.227 e. The minimum Gasteiger partial charge on any atom is -0.391 e. The first-order chi connectivity index (χ1) is 10.6. The van der Waals surface area contributed by atoms with Gasteiger partial charge in [-0.1, -0.05) is 0 Å². The van der Waals surface area contributed by atoms with Crippen molar-refractivity contribution in [1.82, 2.24) is 9.97 Å². The SMILES string of the molecule is Cc1ccsc1CN(C)c1nccc(N2CCC[C@@H](O)C2)n1. The van der Waals surface area contributed by atoms with E-state index in [9.17, 15) is 5.11 Å². The molecule has 5 nitrogen and oxygen atoms in total. The molecule has 0 aromatic carbocycles. The number of piperidine rings is 1. The normalized spacial score (nSPS) is 18.5. The minimum absolute atomic E-state index is 0.251. The fraction of sp³-hybridized carbons (Fsp3) is 0.500. The van der Waals surface area contributed by atoms with E-state index in [0.29, 0.717) is 6.54 Å². The molecule has 118 valence electrons. The van der Waals surface area contributed by atoms with Gasteiger partial charge in [-0.05, 0) is 42.8 Å². The van der Waals surface area contributed by atoms with Crippen LogP contribution in [-0.2, 0) is 6.54 Å². The highest BCUT2D eigenvalue weighted by Gasteiger charge is 2.19. The summed E-state index contributed by atoms with van der Waals surface area (Å²) in [6, 6.07) is 4.06. The third kappa shape index (κ3) is 3.39. The smallest absolute Gasteiger partial charge is 0.227 e. The van der Waals surface area contributed by atoms with Gasteiger partial charge in [0.1, 0.15) is 5.82 Å². The van der Waals surface area contributed by atoms with Crippen LogP contribution in [-0.4, -0.2) is 41.3 Å². The summed E-state index contributed by atoms with van der Waals surface area (Å²) in [5.41, 5.74) is 1.31. The topological polar surface area (TPSA) is 52.5 Å². The molecule has 1 fully saturated rings. The number of nitrogens with zero attached hydrogens (tertiary/aromatic N) is 4. The van der Waals surface area contributed by atoms with E-state index >= 15 is 0 Å². The molecule has 1 atom stereocenters. The quantitative estimate of drug-likeness (QED) is 0.938.